The highest BCUT2D eigenvalue weighted by Crippen LogP contribution is 2.44. The van der Waals surface area contributed by atoms with Crippen molar-refractivity contribution in [3.63, 3.8) is 0 Å². The van der Waals surface area contributed by atoms with Crippen molar-refractivity contribution >= 4 is 65.3 Å². The molecule has 4 nitrogen and oxygen atoms in total. The van der Waals surface area contributed by atoms with Crippen LogP contribution in [-0.2, 0) is 0 Å². The summed E-state index contributed by atoms with van der Waals surface area (Å²) in [7, 11) is 0. The first-order valence-corrected chi connectivity index (χ1v) is 15.6. The van der Waals surface area contributed by atoms with Gasteiger partial charge >= 0.3 is 0 Å². The number of rotatable bonds is 3. The number of nitrogens with zero attached hydrogens (tertiary/aromatic N) is 4. The molecule has 0 fully saturated rings. The summed E-state index contributed by atoms with van der Waals surface area (Å²) in [6.45, 7) is 0. The molecule has 0 amide bonds. The largest absolute Gasteiger partial charge is 0.309 e. The van der Waals surface area contributed by atoms with E-state index >= 15 is 0 Å². The summed E-state index contributed by atoms with van der Waals surface area (Å²) in [5, 5.41) is 8.36. The zero-order valence-corrected chi connectivity index (χ0v) is 24.8. The molecule has 0 saturated heterocycles. The van der Waals surface area contributed by atoms with Crippen LogP contribution in [0.3, 0.4) is 0 Å². The highest BCUT2D eigenvalue weighted by atomic mass is 15.2. The van der Waals surface area contributed by atoms with Crippen LogP contribution in [0.15, 0.2) is 158 Å². The van der Waals surface area contributed by atoms with E-state index in [2.05, 4.69) is 161 Å². The van der Waals surface area contributed by atoms with Gasteiger partial charge in [-0.1, -0.05) is 115 Å². The highest BCUT2D eigenvalue weighted by molar-refractivity contribution is 6.33. The third kappa shape index (κ3) is 3.49. The van der Waals surface area contributed by atoms with Gasteiger partial charge < -0.3 is 4.57 Å². The summed E-state index contributed by atoms with van der Waals surface area (Å²) < 4.78 is 4.66. The molecule has 4 heteroatoms. The summed E-state index contributed by atoms with van der Waals surface area (Å²) in [4.78, 5) is 10.6. The van der Waals surface area contributed by atoms with Crippen molar-refractivity contribution in [2.45, 2.75) is 0 Å². The lowest BCUT2D eigenvalue weighted by molar-refractivity contribution is 1.01. The first kappa shape index (κ1) is 25.1. The van der Waals surface area contributed by atoms with Crippen molar-refractivity contribution < 1.29 is 0 Å². The summed E-state index contributed by atoms with van der Waals surface area (Å²) in [5.74, 6) is 0.666. The monoisotopic (exact) mass is 586 g/mol. The van der Waals surface area contributed by atoms with Gasteiger partial charge in [-0.3, -0.25) is 4.57 Å². The Kier molecular flexibility index (Phi) is 5.25. The quantitative estimate of drug-likeness (QED) is 0.206. The van der Waals surface area contributed by atoms with Crippen LogP contribution in [0.5, 0.6) is 0 Å². The maximum Gasteiger partial charge on any atom is 0.235 e. The van der Waals surface area contributed by atoms with E-state index in [1.165, 1.54) is 43.4 Å². The van der Waals surface area contributed by atoms with Crippen molar-refractivity contribution in [2.24, 2.45) is 0 Å². The zero-order chi connectivity index (χ0) is 30.2. The minimum Gasteiger partial charge on any atom is -0.309 e. The molecule has 0 aliphatic rings. The Hall–Kier alpha value is -6.26. The van der Waals surface area contributed by atoms with Crippen LogP contribution in [0.2, 0.25) is 0 Å². The molecular weight excluding hydrogens is 560 g/mol. The van der Waals surface area contributed by atoms with E-state index in [1.54, 1.807) is 0 Å². The molecule has 10 aromatic rings. The van der Waals surface area contributed by atoms with Gasteiger partial charge in [-0.05, 0) is 53.2 Å². The SMILES string of the molecule is c1ccc(-c2nc(-n3c4ccc5ccccc5c4c4c5c6ccccc6n(-c6ccccc6)c5ccc43)nc3ccccc23)cc1. The van der Waals surface area contributed by atoms with Crippen LogP contribution in [0.1, 0.15) is 0 Å². The van der Waals surface area contributed by atoms with E-state index in [4.69, 9.17) is 9.97 Å². The molecule has 0 atom stereocenters. The molecule has 0 spiro atoms. The number of aromatic nitrogens is 4. The fraction of sp³-hybridized carbons (Fsp3) is 0. The smallest absolute Gasteiger partial charge is 0.235 e. The Morgan fingerprint density at radius 2 is 0.957 bits per heavy atom. The molecule has 0 bridgehead atoms. The predicted molar refractivity (Wildman–Crippen MR) is 191 cm³/mol. The fourth-order valence-electron chi connectivity index (χ4n) is 7.38. The van der Waals surface area contributed by atoms with Crippen molar-refractivity contribution in [1.82, 2.24) is 19.1 Å². The minimum atomic E-state index is 0.666. The Morgan fingerprint density at radius 1 is 0.370 bits per heavy atom. The first-order chi connectivity index (χ1) is 22.8. The molecule has 3 aromatic heterocycles. The van der Waals surface area contributed by atoms with E-state index in [9.17, 15) is 0 Å². The summed E-state index contributed by atoms with van der Waals surface area (Å²) in [6.07, 6.45) is 0. The summed E-state index contributed by atoms with van der Waals surface area (Å²) in [5.41, 5.74) is 8.61. The van der Waals surface area contributed by atoms with Crippen molar-refractivity contribution in [3.8, 4) is 22.9 Å². The standard InChI is InChI=1S/C42H26N4/c1-3-14-28(15-4-1)41-31-19-9-11-21-33(31)43-42(44-41)46-36-24-23-27-13-7-8-18-30(27)38(36)40-37(46)26-25-35-39(40)32-20-10-12-22-34(32)45(35)29-16-5-2-6-17-29/h1-26H. The Bertz CT molecular complexity index is 2790. The minimum absolute atomic E-state index is 0.666. The molecule has 0 unspecified atom stereocenters. The van der Waals surface area contributed by atoms with Crippen molar-refractivity contribution in [3.05, 3.63) is 158 Å². The van der Waals surface area contributed by atoms with Gasteiger partial charge in [0.1, 0.15) is 0 Å². The third-order valence-corrected chi connectivity index (χ3v) is 9.31. The lowest BCUT2D eigenvalue weighted by Crippen LogP contribution is -2.03. The van der Waals surface area contributed by atoms with Gasteiger partial charge in [0.25, 0.3) is 0 Å². The zero-order valence-electron chi connectivity index (χ0n) is 24.8. The van der Waals surface area contributed by atoms with Crippen LogP contribution in [0, 0.1) is 0 Å². The van der Waals surface area contributed by atoms with E-state index in [0.717, 1.165) is 38.9 Å². The Labute approximate surface area is 264 Å². The molecule has 0 aliphatic carbocycles. The number of fused-ring (bicyclic) bond motifs is 10. The Morgan fingerprint density at radius 3 is 1.78 bits per heavy atom. The molecule has 46 heavy (non-hydrogen) atoms. The van der Waals surface area contributed by atoms with Gasteiger partial charge in [-0.2, -0.15) is 0 Å². The predicted octanol–water partition coefficient (Wildman–Crippen LogP) is 10.6. The second-order valence-corrected chi connectivity index (χ2v) is 11.8. The maximum absolute atomic E-state index is 5.34. The molecule has 0 saturated carbocycles. The van der Waals surface area contributed by atoms with Crippen LogP contribution < -0.4 is 0 Å². The van der Waals surface area contributed by atoms with Gasteiger partial charge in [-0.15, -0.1) is 0 Å². The van der Waals surface area contributed by atoms with Crippen molar-refractivity contribution in [1.29, 1.82) is 0 Å². The van der Waals surface area contributed by atoms with Gasteiger partial charge in [-0.25, -0.2) is 9.97 Å². The molecule has 0 N–H and O–H groups in total. The van der Waals surface area contributed by atoms with Crippen LogP contribution in [0.25, 0.3) is 88.2 Å². The molecule has 0 radical (unpaired) electrons. The number of para-hydroxylation sites is 3. The molecule has 7 aromatic carbocycles. The summed E-state index contributed by atoms with van der Waals surface area (Å²) in [6, 6.07) is 55.8. The van der Waals surface area contributed by atoms with Crippen LogP contribution in [-0.4, -0.2) is 19.1 Å². The summed E-state index contributed by atoms with van der Waals surface area (Å²) >= 11 is 0. The highest BCUT2D eigenvalue weighted by Gasteiger charge is 2.23. The maximum atomic E-state index is 5.34. The van der Waals surface area contributed by atoms with Gasteiger partial charge in [0.2, 0.25) is 5.95 Å². The van der Waals surface area contributed by atoms with E-state index < -0.39 is 0 Å². The molecule has 214 valence electrons. The number of hydrogen-bond donors (Lipinski definition) is 0. The van der Waals surface area contributed by atoms with Crippen LogP contribution >= 0.6 is 0 Å². The van der Waals surface area contributed by atoms with E-state index in [-0.39, 0.29) is 0 Å². The van der Waals surface area contributed by atoms with Gasteiger partial charge in [0.05, 0.1) is 33.3 Å². The lowest BCUT2D eigenvalue weighted by Gasteiger charge is -2.12. The number of hydrogen-bond acceptors (Lipinski definition) is 2. The number of benzene rings is 7. The molecule has 0 aliphatic heterocycles. The van der Waals surface area contributed by atoms with Gasteiger partial charge in [0, 0.05) is 38.2 Å². The molecule has 3 heterocycles. The van der Waals surface area contributed by atoms with Gasteiger partial charge in [0.15, 0.2) is 0 Å². The second kappa shape index (κ2) is 9.62. The topological polar surface area (TPSA) is 35.6 Å². The lowest BCUT2D eigenvalue weighted by atomic mass is 10.0. The Balaban J connectivity index is 1.42. The van der Waals surface area contributed by atoms with Crippen LogP contribution in [0.4, 0.5) is 0 Å². The second-order valence-electron chi connectivity index (χ2n) is 11.8. The van der Waals surface area contributed by atoms with Crippen molar-refractivity contribution in [2.75, 3.05) is 0 Å². The molecular formula is C42H26N4. The molecule has 10 rings (SSSR count). The fourth-order valence-corrected chi connectivity index (χ4v) is 7.38. The average molecular weight is 587 g/mol. The van der Waals surface area contributed by atoms with E-state index in [1.807, 2.05) is 6.07 Å². The average Bonchev–Trinajstić information content (AvgIpc) is 3.65. The first-order valence-electron chi connectivity index (χ1n) is 15.6. The normalized spacial score (nSPS) is 11.9. The third-order valence-electron chi connectivity index (χ3n) is 9.31. The van der Waals surface area contributed by atoms with E-state index in [0.29, 0.717) is 5.95 Å².